The highest BCUT2D eigenvalue weighted by Gasteiger charge is 2.40. The van der Waals surface area contributed by atoms with Gasteiger partial charge in [0.1, 0.15) is 5.75 Å². The van der Waals surface area contributed by atoms with E-state index in [0.29, 0.717) is 16.2 Å². The summed E-state index contributed by atoms with van der Waals surface area (Å²) in [6.45, 7) is 3.69. The molecular weight excluding hydrogens is 334 g/mol. The average Bonchev–Trinajstić information content (AvgIpc) is 2.86. The number of amides is 2. The van der Waals surface area contributed by atoms with E-state index in [0.717, 1.165) is 10.5 Å². The van der Waals surface area contributed by atoms with Crippen LogP contribution in [0, 0.1) is 0 Å². The smallest absolute Gasteiger partial charge is 0.268 e. The summed E-state index contributed by atoms with van der Waals surface area (Å²) in [5.41, 5.74) is 1.18. The predicted octanol–water partition coefficient (Wildman–Crippen LogP) is 3.98. The van der Waals surface area contributed by atoms with Crippen LogP contribution in [0.2, 0.25) is 0 Å². The molecule has 0 saturated heterocycles. The summed E-state index contributed by atoms with van der Waals surface area (Å²) in [5, 5.41) is 0. The van der Waals surface area contributed by atoms with Crippen molar-refractivity contribution in [3.8, 4) is 5.75 Å². The molecule has 0 aliphatic carbocycles. The predicted molar refractivity (Wildman–Crippen MR) is 99.2 cm³/mol. The summed E-state index contributed by atoms with van der Waals surface area (Å²) in [4.78, 5) is 28.5. The first-order valence-electron chi connectivity index (χ1n) is 8.02. The van der Waals surface area contributed by atoms with Crippen molar-refractivity contribution in [1.82, 2.24) is 4.90 Å². The number of benzene rings is 2. The molecule has 128 valence electrons. The number of carbonyl (C=O) groups excluding carboxylic acids is 2. The first kappa shape index (κ1) is 17.3. The number of carbonyl (C=O) groups is 2. The number of hydrogen-bond acceptors (Lipinski definition) is 4. The molecule has 0 saturated carbocycles. The first-order chi connectivity index (χ1) is 12.0. The second-order valence-corrected chi connectivity index (χ2v) is 7.01. The third-order valence-electron chi connectivity index (χ3n) is 3.93. The summed E-state index contributed by atoms with van der Waals surface area (Å²) in [6.07, 6.45) is 0. The minimum atomic E-state index is -0.247. The van der Waals surface area contributed by atoms with Crippen molar-refractivity contribution in [1.29, 1.82) is 0 Å². The molecule has 4 nitrogen and oxygen atoms in total. The van der Waals surface area contributed by atoms with Gasteiger partial charge in [0.25, 0.3) is 11.8 Å². The molecule has 1 aliphatic heterocycles. The zero-order valence-corrected chi connectivity index (χ0v) is 15.2. The van der Waals surface area contributed by atoms with Crippen molar-refractivity contribution in [2.75, 3.05) is 7.11 Å². The summed E-state index contributed by atoms with van der Waals surface area (Å²) in [5.74, 6) is 0.224. The Labute approximate surface area is 151 Å². The number of ether oxygens (including phenoxy) is 1. The Morgan fingerprint density at radius 3 is 2.12 bits per heavy atom. The van der Waals surface area contributed by atoms with Crippen molar-refractivity contribution in [3.63, 3.8) is 0 Å². The fourth-order valence-electron chi connectivity index (χ4n) is 2.71. The van der Waals surface area contributed by atoms with E-state index in [1.807, 2.05) is 56.3 Å². The highest BCUT2D eigenvalue weighted by molar-refractivity contribution is 8.04. The molecule has 5 heteroatoms. The van der Waals surface area contributed by atoms with E-state index in [1.54, 1.807) is 19.2 Å². The molecule has 0 N–H and O–H groups in total. The lowest BCUT2D eigenvalue weighted by atomic mass is 10.1. The zero-order valence-electron chi connectivity index (χ0n) is 14.4. The Kier molecular flexibility index (Phi) is 4.95. The minimum Gasteiger partial charge on any atom is -0.497 e. The van der Waals surface area contributed by atoms with Crippen LogP contribution in [-0.4, -0.2) is 29.9 Å². The Bertz CT molecular complexity index is 826. The zero-order chi connectivity index (χ0) is 18.0. The maximum Gasteiger partial charge on any atom is 0.268 e. The number of thioether (sulfide) groups is 1. The van der Waals surface area contributed by atoms with Gasteiger partial charge >= 0.3 is 0 Å². The summed E-state index contributed by atoms with van der Waals surface area (Å²) in [6, 6.07) is 16.6. The van der Waals surface area contributed by atoms with E-state index in [-0.39, 0.29) is 17.9 Å². The molecule has 0 aromatic heterocycles. The second-order valence-electron chi connectivity index (χ2n) is 5.92. The van der Waals surface area contributed by atoms with Crippen LogP contribution < -0.4 is 4.74 Å². The van der Waals surface area contributed by atoms with Crippen molar-refractivity contribution in [2.24, 2.45) is 0 Å². The Balaban J connectivity index is 2.08. The van der Waals surface area contributed by atoms with Gasteiger partial charge in [-0.05, 0) is 43.7 Å². The van der Waals surface area contributed by atoms with Crippen LogP contribution in [0.3, 0.4) is 0 Å². The third-order valence-corrected chi connectivity index (χ3v) is 5.02. The van der Waals surface area contributed by atoms with E-state index < -0.39 is 0 Å². The lowest BCUT2D eigenvalue weighted by Gasteiger charge is -2.19. The summed E-state index contributed by atoms with van der Waals surface area (Å²) >= 11 is 1.33. The quantitative estimate of drug-likeness (QED) is 0.763. The number of methoxy groups -OCH3 is 1. The summed E-state index contributed by atoms with van der Waals surface area (Å²) < 4.78 is 5.18. The van der Waals surface area contributed by atoms with E-state index in [9.17, 15) is 9.59 Å². The van der Waals surface area contributed by atoms with Crippen LogP contribution >= 0.6 is 11.8 Å². The van der Waals surface area contributed by atoms with Crippen molar-refractivity contribution in [3.05, 3.63) is 65.1 Å². The lowest BCUT2D eigenvalue weighted by Crippen LogP contribution is -2.37. The van der Waals surface area contributed by atoms with Crippen LogP contribution in [0.15, 0.2) is 64.4 Å². The van der Waals surface area contributed by atoms with E-state index in [2.05, 4.69) is 0 Å². The van der Waals surface area contributed by atoms with Gasteiger partial charge < -0.3 is 4.74 Å². The Hall–Kier alpha value is -2.53. The number of imide groups is 1. The molecule has 1 heterocycles. The Morgan fingerprint density at radius 1 is 0.920 bits per heavy atom. The van der Waals surface area contributed by atoms with Gasteiger partial charge in [0, 0.05) is 10.9 Å². The van der Waals surface area contributed by atoms with Gasteiger partial charge in [0.2, 0.25) is 0 Å². The minimum absolute atomic E-state index is 0.192. The lowest BCUT2D eigenvalue weighted by molar-refractivity contribution is -0.138. The molecular formula is C20H19NO3S. The van der Waals surface area contributed by atoms with Gasteiger partial charge in [-0.15, -0.1) is 0 Å². The second kappa shape index (κ2) is 7.15. The van der Waals surface area contributed by atoms with E-state index in [4.69, 9.17) is 4.74 Å². The van der Waals surface area contributed by atoms with Gasteiger partial charge in [-0.3, -0.25) is 14.5 Å². The molecule has 2 aromatic rings. The van der Waals surface area contributed by atoms with Gasteiger partial charge in [-0.1, -0.05) is 42.1 Å². The number of hydrogen-bond donors (Lipinski definition) is 0. The van der Waals surface area contributed by atoms with Gasteiger partial charge in [-0.25, -0.2) is 0 Å². The number of nitrogens with zero attached hydrogens (tertiary/aromatic N) is 1. The fraction of sp³-hybridized carbons (Fsp3) is 0.200. The van der Waals surface area contributed by atoms with Crippen molar-refractivity contribution >= 4 is 29.1 Å². The normalized spacial score (nSPS) is 14.6. The topological polar surface area (TPSA) is 46.6 Å². The molecule has 3 rings (SSSR count). The highest BCUT2D eigenvalue weighted by atomic mass is 32.2. The third kappa shape index (κ3) is 3.33. The first-order valence-corrected chi connectivity index (χ1v) is 8.84. The van der Waals surface area contributed by atoms with Crippen molar-refractivity contribution in [2.45, 2.75) is 24.8 Å². The molecule has 0 radical (unpaired) electrons. The standard InChI is InChI=1S/C20H19NO3S/c1-13(2)21-19(22)17(14-9-11-15(24-3)12-10-14)18(20(21)23)25-16-7-5-4-6-8-16/h4-13H,1-3H3. The Morgan fingerprint density at radius 2 is 1.56 bits per heavy atom. The molecule has 2 amide bonds. The van der Waals surface area contributed by atoms with E-state index >= 15 is 0 Å². The molecule has 0 bridgehead atoms. The number of rotatable bonds is 5. The maximum absolute atomic E-state index is 12.9. The average molecular weight is 353 g/mol. The molecule has 25 heavy (non-hydrogen) atoms. The van der Waals surface area contributed by atoms with E-state index in [1.165, 1.54) is 16.7 Å². The van der Waals surface area contributed by atoms with Crippen LogP contribution in [0.1, 0.15) is 19.4 Å². The highest BCUT2D eigenvalue weighted by Crippen LogP contribution is 2.40. The van der Waals surface area contributed by atoms with Crippen LogP contribution in [0.4, 0.5) is 0 Å². The molecule has 2 aromatic carbocycles. The van der Waals surface area contributed by atoms with Gasteiger partial charge in [-0.2, -0.15) is 0 Å². The maximum atomic E-state index is 12.9. The molecule has 1 aliphatic rings. The van der Waals surface area contributed by atoms with Gasteiger partial charge in [0.05, 0.1) is 17.6 Å². The van der Waals surface area contributed by atoms with Crippen LogP contribution in [0.25, 0.3) is 5.57 Å². The molecule has 0 atom stereocenters. The van der Waals surface area contributed by atoms with Crippen LogP contribution in [-0.2, 0) is 9.59 Å². The SMILES string of the molecule is COc1ccc(C2=C(Sc3ccccc3)C(=O)N(C(C)C)C2=O)cc1. The van der Waals surface area contributed by atoms with Crippen molar-refractivity contribution < 1.29 is 14.3 Å². The molecule has 0 unspecified atom stereocenters. The summed E-state index contributed by atoms with van der Waals surface area (Å²) in [7, 11) is 1.59. The molecule has 0 spiro atoms. The molecule has 0 fully saturated rings. The van der Waals surface area contributed by atoms with Gasteiger partial charge in [0.15, 0.2) is 0 Å². The van der Waals surface area contributed by atoms with Crippen LogP contribution in [0.5, 0.6) is 5.75 Å². The monoisotopic (exact) mass is 353 g/mol. The largest absolute Gasteiger partial charge is 0.497 e. The fourth-order valence-corrected chi connectivity index (χ4v) is 3.73.